The molecule has 0 aliphatic rings. The van der Waals surface area contributed by atoms with Crippen molar-refractivity contribution in [2.45, 2.75) is 20.8 Å². The molecule has 0 spiro atoms. The number of aromatic nitrogens is 1. The van der Waals surface area contributed by atoms with Crippen LogP contribution < -0.4 is 15.5 Å². The number of methoxy groups -OCH3 is 1. The van der Waals surface area contributed by atoms with E-state index in [9.17, 15) is 9.59 Å². The summed E-state index contributed by atoms with van der Waals surface area (Å²) < 4.78 is 7.17. The molecule has 3 aromatic rings. The Morgan fingerprint density at radius 3 is 2.27 bits per heavy atom. The van der Waals surface area contributed by atoms with E-state index >= 15 is 0 Å². The molecular weight excluding hydrogens is 380 g/mol. The van der Waals surface area contributed by atoms with Crippen LogP contribution in [0.1, 0.15) is 22.5 Å². The maximum Gasteiger partial charge on any atom is 0.329 e. The SMILES string of the molecule is COc1ccc(NC(=O)C(=O)N/N=C\c2cc(C)n(-c3ccc(C)cc3)c2C)cc1. The number of carbonyl (C=O) groups excluding carboxylic acids is 2. The van der Waals surface area contributed by atoms with Gasteiger partial charge >= 0.3 is 11.8 Å². The largest absolute Gasteiger partial charge is 0.497 e. The third-order valence-corrected chi connectivity index (χ3v) is 4.69. The molecule has 2 N–H and O–H groups in total. The number of nitrogens with zero attached hydrogens (tertiary/aromatic N) is 2. The highest BCUT2D eigenvalue weighted by Gasteiger charge is 2.13. The van der Waals surface area contributed by atoms with Gasteiger partial charge in [0.15, 0.2) is 0 Å². The van der Waals surface area contributed by atoms with E-state index in [-0.39, 0.29) is 0 Å². The van der Waals surface area contributed by atoms with Gasteiger partial charge in [-0.05, 0) is 63.2 Å². The van der Waals surface area contributed by atoms with Gasteiger partial charge in [-0.3, -0.25) is 9.59 Å². The summed E-state index contributed by atoms with van der Waals surface area (Å²) in [6, 6.07) is 16.9. The van der Waals surface area contributed by atoms with Crippen molar-refractivity contribution in [3.05, 3.63) is 77.1 Å². The Bertz CT molecular complexity index is 1080. The number of anilines is 1. The number of carbonyl (C=O) groups is 2. The van der Waals surface area contributed by atoms with Crippen molar-refractivity contribution in [1.29, 1.82) is 0 Å². The first kappa shape index (κ1) is 20.9. The van der Waals surface area contributed by atoms with Crippen LogP contribution in [0, 0.1) is 20.8 Å². The number of rotatable bonds is 5. The number of hydrogen-bond acceptors (Lipinski definition) is 4. The highest BCUT2D eigenvalue weighted by Crippen LogP contribution is 2.20. The molecule has 1 heterocycles. The molecule has 30 heavy (non-hydrogen) atoms. The summed E-state index contributed by atoms with van der Waals surface area (Å²) >= 11 is 0. The molecule has 0 atom stereocenters. The van der Waals surface area contributed by atoms with Gasteiger partial charge in [-0.25, -0.2) is 5.43 Å². The standard InChI is InChI=1S/C23H24N4O3/c1-15-5-9-20(10-6-15)27-16(2)13-18(17(27)3)14-24-26-23(29)22(28)25-19-7-11-21(30-4)12-8-19/h5-14H,1-4H3,(H,25,28)(H,26,29)/b24-14-. The Morgan fingerprint density at radius 1 is 0.967 bits per heavy atom. The van der Waals surface area contributed by atoms with E-state index in [0.29, 0.717) is 11.4 Å². The van der Waals surface area contributed by atoms with Crippen molar-refractivity contribution in [2.24, 2.45) is 5.10 Å². The van der Waals surface area contributed by atoms with Crippen LogP contribution in [0.2, 0.25) is 0 Å². The van der Waals surface area contributed by atoms with Crippen molar-refractivity contribution in [1.82, 2.24) is 9.99 Å². The number of amides is 2. The summed E-state index contributed by atoms with van der Waals surface area (Å²) in [6.45, 7) is 6.03. The van der Waals surface area contributed by atoms with E-state index in [0.717, 1.165) is 22.6 Å². The van der Waals surface area contributed by atoms with Gasteiger partial charge in [0.05, 0.1) is 13.3 Å². The average Bonchev–Trinajstić information content (AvgIpc) is 3.02. The predicted octanol–water partition coefficient (Wildman–Crippen LogP) is 3.50. The molecule has 0 bridgehead atoms. The lowest BCUT2D eigenvalue weighted by Crippen LogP contribution is -2.32. The van der Waals surface area contributed by atoms with Gasteiger partial charge < -0.3 is 14.6 Å². The van der Waals surface area contributed by atoms with E-state index < -0.39 is 11.8 Å². The second kappa shape index (κ2) is 9.09. The number of hydrogen-bond donors (Lipinski definition) is 2. The third-order valence-electron chi connectivity index (χ3n) is 4.69. The summed E-state index contributed by atoms with van der Waals surface area (Å²) in [5.74, 6) is -0.998. The number of benzene rings is 2. The Balaban J connectivity index is 1.64. The number of hydrazone groups is 1. The molecule has 0 fully saturated rings. The lowest BCUT2D eigenvalue weighted by molar-refractivity contribution is -0.136. The lowest BCUT2D eigenvalue weighted by Gasteiger charge is -2.09. The van der Waals surface area contributed by atoms with Crippen LogP contribution >= 0.6 is 0 Å². The van der Waals surface area contributed by atoms with Crippen molar-refractivity contribution in [3.63, 3.8) is 0 Å². The zero-order valence-electron chi connectivity index (χ0n) is 17.4. The fourth-order valence-corrected chi connectivity index (χ4v) is 3.08. The molecule has 1 aromatic heterocycles. The Morgan fingerprint density at radius 2 is 1.63 bits per heavy atom. The number of aryl methyl sites for hydroxylation is 2. The Labute approximate surface area is 175 Å². The fraction of sp³-hybridized carbons (Fsp3) is 0.174. The van der Waals surface area contributed by atoms with Crippen LogP contribution in [-0.4, -0.2) is 29.7 Å². The zero-order valence-corrected chi connectivity index (χ0v) is 17.4. The van der Waals surface area contributed by atoms with Gasteiger partial charge in [0.25, 0.3) is 0 Å². The van der Waals surface area contributed by atoms with Gasteiger partial charge in [-0.1, -0.05) is 17.7 Å². The number of ether oxygens (including phenoxy) is 1. The highest BCUT2D eigenvalue weighted by atomic mass is 16.5. The normalized spacial score (nSPS) is 10.8. The highest BCUT2D eigenvalue weighted by molar-refractivity contribution is 6.39. The number of nitrogens with one attached hydrogen (secondary N) is 2. The fourth-order valence-electron chi connectivity index (χ4n) is 3.08. The van der Waals surface area contributed by atoms with Crippen LogP contribution in [0.15, 0.2) is 59.7 Å². The molecule has 154 valence electrons. The van der Waals surface area contributed by atoms with E-state index in [1.165, 1.54) is 11.8 Å². The van der Waals surface area contributed by atoms with Gasteiger partial charge in [-0.15, -0.1) is 0 Å². The average molecular weight is 404 g/mol. The summed E-state index contributed by atoms with van der Waals surface area (Å²) in [4.78, 5) is 24.0. The van der Waals surface area contributed by atoms with Crippen molar-refractivity contribution in [2.75, 3.05) is 12.4 Å². The minimum absolute atomic E-state index is 0.488. The summed E-state index contributed by atoms with van der Waals surface area (Å²) in [6.07, 6.45) is 1.53. The van der Waals surface area contributed by atoms with Crippen LogP contribution in [0.5, 0.6) is 5.75 Å². The van der Waals surface area contributed by atoms with Gasteiger partial charge in [0.1, 0.15) is 5.75 Å². The zero-order chi connectivity index (χ0) is 21.7. The second-order valence-corrected chi connectivity index (χ2v) is 6.88. The molecule has 0 aliphatic heterocycles. The van der Waals surface area contributed by atoms with E-state index in [1.807, 2.05) is 26.8 Å². The van der Waals surface area contributed by atoms with Crippen LogP contribution in [-0.2, 0) is 9.59 Å². The maximum atomic E-state index is 12.0. The summed E-state index contributed by atoms with van der Waals surface area (Å²) in [5, 5.41) is 6.44. The van der Waals surface area contributed by atoms with E-state index in [2.05, 4.69) is 44.7 Å². The second-order valence-electron chi connectivity index (χ2n) is 6.88. The van der Waals surface area contributed by atoms with Crippen LogP contribution in [0.4, 0.5) is 5.69 Å². The van der Waals surface area contributed by atoms with Crippen molar-refractivity contribution in [3.8, 4) is 11.4 Å². The molecule has 2 aromatic carbocycles. The molecular formula is C23H24N4O3. The quantitative estimate of drug-likeness (QED) is 0.388. The molecule has 0 saturated carbocycles. The predicted molar refractivity (Wildman–Crippen MR) is 117 cm³/mol. The minimum Gasteiger partial charge on any atom is -0.497 e. The minimum atomic E-state index is -0.852. The lowest BCUT2D eigenvalue weighted by atomic mass is 10.2. The first-order valence-electron chi connectivity index (χ1n) is 9.43. The topological polar surface area (TPSA) is 84.7 Å². The molecule has 2 amide bonds. The first-order valence-corrected chi connectivity index (χ1v) is 9.43. The molecule has 0 aliphatic carbocycles. The summed E-state index contributed by atoms with van der Waals surface area (Å²) in [7, 11) is 1.55. The van der Waals surface area contributed by atoms with Crippen LogP contribution in [0.25, 0.3) is 5.69 Å². The molecule has 0 saturated heterocycles. The first-order chi connectivity index (χ1) is 14.4. The maximum absolute atomic E-state index is 12.0. The van der Waals surface area contributed by atoms with Gasteiger partial charge in [0.2, 0.25) is 0 Å². The molecule has 0 radical (unpaired) electrons. The molecule has 0 unspecified atom stereocenters. The van der Waals surface area contributed by atoms with Gasteiger partial charge in [0, 0.05) is 28.3 Å². The monoisotopic (exact) mass is 404 g/mol. The molecule has 7 heteroatoms. The summed E-state index contributed by atoms with van der Waals surface area (Å²) in [5.41, 5.74) is 7.87. The van der Waals surface area contributed by atoms with Crippen LogP contribution in [0.3, 0.4) is 0 Å². The smallest absolute Gasteiger partial charge is 0.329 e. The third kappa shape index (κ3) is 4.75. The Kier molecular flexibility index (Phi) is 6.32. The van der Waals surface area contributed by atoms with Gasteiger partial charge in [-0.2, -0.15) is 5.10 Å². The van der Waals surface area contributed by atoms with E-state index in [1.54, 1.807) is 31.4 Å². The molecule has 7 nitrogen and oxygen atoms in total. The van der Waals surface area contributed by atoms with E-state index in [4.69, 9.17) is 4.74 Å². The van der Waals surface area contributed by atoms with Crippen molar-refractivity contribution < 1.29 is 14.3 Å². The van der Waals surface area contributed by atoms with Crippen molar-refractivity contribution >= 4 is 23.7 Å². The Hall–Kier alpha value is -3.87. The molecule has 3 rings (SSSR count).